The Hall–Kier alpha value is -2.63. The third-order valence-electron chi connectivity index (χ3n) is 2.59. The van der Waals surface area contributed by atoms with Crippen molar-refractivity contribution in [2.24, 2.45) is 0 Å². The predicted octanol–water partition coefficient (Wildman–Crippen LogP) is 1.80. The van der Waals surface area contributed by atoms with Gasteiger partial charge >= 0.3 is 5.97 Å². The zero-order valence-corrected chi connectivity index (χ0v) is 11.8. The monoisotopic (exact) mass is 290 g/mol. The van der Waals surface area contributed by atoms with Crippen LogP contribution in [0, 0.1) is 0 Å². The number of hydrogen-bond donors (Lipinski definition) is 3. The van der Waals surface area contributed by atoms with Crippen molar-refractivity contribution in [1.82, 2.24) is 5.32 Å². The van der Waals surface area contributed by atoms with Gasteiger partial charge in [-0.3, -0.25) is 9.59 Å². The molecule has 0 fully saturated rings. The summed E-state index contributed by atoms with van der Waals surface area (Å²) in [6.07, 6.45) is 3.56. The molecule has 0 saturated carbocycles. The summed E-state index contributed by atoms with van der Waals surface area (Å²) < 4.78 is 0. The molecule has 1 aromatic carbocycles. The minimum absolute atomic E-state index is 0.208. The van der Waals surface area contributed by atoms with Crippen LogP contribution in [-0.4, -0.2) is 29.4 Å². The maximum Gasteiger partial charge on any atom is 0.328 e. The summed E-state index contributed by atoms with van der Waals surface area (Å²) in [7, 11) is 0. The standard InChI is InChI=1S/C15H18N2O4/c1-2-3-9-16-15(21)11-5-4-6-12(10-11)17-13(18)7-8-14(19)20/h4-8,10H,2-3,9H2,1H3,(H,16,21)(H,17,18)(H,19,20)/b8-7+. The van der Waals surface area contributed by atoms with Crippen LogP contribution in [0.5, 0.6) is 0 Å². The molecule has 6 nitrogen and oxygen atoms in total. The fourth-order valence-corrected chi connectivity index (χ4v) is 1.55. The number of rotatable bonds is 7. The normalized spacial score (nSPS) is 10.3. The Morgan fingerprint density at radius 3 is 2.67 bits per heavy atom. The maximum absolute atomic E-state index is 11.9. The van der Waals surface area contributed by atoms with Gasteiger partial charge in [0.05, 0.1) is 0 Å². The Morgan fingerprint density at radius 1 is 1.24 bits per heavy atom. The van der Waals surface area contributed by atoms with Gasteiger partial charge in [0.25, 0.3) is 5.91 Å². The van der Waals surface area contributed by atoms with Gasteiger partial charge < -0.3 is 15.7 Å². The second-order valence-corrected chi connectivity index (χ2v) is 4.35. The first-order valence-electron chi connectivity index (χ1n) is 6.63. The lowest BCUT2D eigenvalue weighted by atomic mass is 10.2. The van der Waals surface area contributed by atoms with Crippen LogP contribution in [0.15, 0.2) is 36.4 Å². The first-order valence-corrected chi connectivity index (χ1v) is 6.63. The van der Waals surface area contributed by atoms with Crippen LogP contribution in [-0.2, 0) is 9.59 Å². The average Bonchev–Trinajstić information content (AvgIpc) is 2.45. The molecule has 1 aromatic rings. The average molecular weight is 290 g/mol. The lowest BCUT2D eigenvalue weighted by molar-refractivity contribution is -0.131. The summed E-state index contributed by atoms with van der Waals surface area (Å²) in [5.74, 6) is -1.98. The van der Waals surface area contributed by atoms with Crippen molar-refractivity contribution in [3.63, 3.8) is 0 Å². The lowest BCUT2D eigenvalue weighted by Gasteiger charge is -2.07. The molecule has 0 bridgehead atoms. The fourth-order valence-electron chi connectivity index (χ4n) is 1.55. The van der Waals surface area contributed by atoms with Crippen molar-refractivity contribution in [1.29, 1.82) is 0 Å². The van der Waals surface area contributed by atoms with Crippen molar-refractivity contribution in [3.8, 4) is 0 Å². The Morgan fingerprint density at radius 2 is 2.00 bits per heavy atom. The second kappa shape index (κ2) is 8.52. The van der Waals surface area contributed by atoms with Crippen LogP contribution in [0.3, 0.4) is 0 Å². The molecule has 0 unspecified atom stereocenters. The SMILES string of the molecule is CCCCNC(=O)c1cccc(NC(=O)/C=C/C(=O)O)c1. The molecule has 0 aliphatic rings. The minimum atomic E-state index is -1.20. The van der Waals surface area contributed by atoms with Gasteiger partial charge in [-0.15, -0.1) is 0 Å². The Balaban J connectivity index is 2.65. The van der Waals surface area contributed by atoms with Crippen molar-refractivity contribution >= 4 is 23.5 Å². The Labute approximate surface area is 122 Å². The number of carbonyl (C=O) groups is 3. The smallest absolute Gasteiger partial charge is 0.328 e. The van der Waals surface area contributed by atoms with E-state index < -0.39 is 11.9 Å². The number of aliphatic carboxylic acids is 1. The highest BCUT2D eigenvalue weighted by Gasteiger charge is 2.06. The first-order chi connectivity index (χ1) is 10.0. The highest BCUT2D eigenvalue weighted by molar-refractivity contribution is 6.03. The van der Waals surface area contributed by atoms with E-state index in [4.69, 9.17) is 5.11 Å². The number of unbranched alkanes of at least 4 members (excludes halogenated alkanes) is 1. The summed E-state index contributed by atoms with van der Waals surface area (Å²) in [6, 6.07) is 6.44. The Bertz CT molecular complexity index is 552. The summed E-state index contributed by atoms with van der Waals surface area (Å²) in [5, 5.41) is 13.7. The van der Waals surface area contributed by atoms with E-state index in [1.807, 2.05) is 6.92 Å². The summed E-state index contributed by atoms with van der Waals surface area (Å²) >= 11 is 0. The fraction of sp³-hybridized carbons (Fsp3) is 0.267. The van der Waals surface area contributed by atoms with Crippen molar-refractivity contribution in [2.75, 3.05) is 11.9 Å². The number of nitrogens with one attached hydrogen (secondary N) is 2. The maximum atomic E-state index is 11.9. The van der Waals surface area contributed by atoms with E-state index in [2.05, 4.69) is 10.6 Å². The number of amides is 2. The summed E-state index contributed by atoms with van der Waals surface area (Å²) in [4.78, 5) is 33.6. The molecule has 21 heavy (non-hydrogen) atoms. The van der Waals surface area contributed by atoms with E-state index in [9.17, 15) is 14.4 Å². The molecule has 0 radical (unpaired) electrons. The number of hydrogen-bond acceptors (Lipinski definition) is 3. The molecule has 0 saturated heterocycles. The van der Waals surface area contributed by atoms with E-state index >= 15 is 0 Å². The van der Waals surface area contributed by atoms with Gasteiger partial charge in [-0.05, 0) is 24.6 Å². The van der Waals surface area contributed by atoms with Crippen molar-refractivity contribution in [3.05, 3.63) is 42.0 Å². The number of carboxylic acids is 1. The predicted molar refractivity (Wildman–Crippen MR) is 79.1 cm³/mol. The van der Waals surface area contributed by atoms with Gasteiger partial charge in [-0.2, -0.15) is 0 Å². The largest absolute Gasteiger partial charge is 0.478 e. The highest BCUT2D eigenvalue weighted by atomic mass is 16.4. The molecular formula is C15H18N2O4. The van der Waals surface area contributed by atoms with Gasteiger partial charge in [-0.25, -0.2) is 4.79 Å². The molecule has 3 N–H and O–H groups in total. The highest BCUT2D eigenvalue weighted by Crippen LogP contribution is 2.10. The zero-order chi connectivity index (χ0) is 15.7. The van der Waals surface area contributed by atoms with Crippen LogP contribution in [0.1, 0.15) is 30.1 Å². The van der Waals surface area contributed by atoms with Crippen LogP contribution < -0.4 is 10.6 Å². The molecule has 0 atom stereocenters. The van der Waals surface area contributed by atoms with E-state index in [1.165, 1.54) is 6.07 Å². The minimum Gasteiger partial charge on any atom is -0.478 e. The van der Waals surface area contributed by atoms with E-state index in [0.717, 1.165) is 25.0 Å². The molecule has 0 aliphatic carbocycles. The zero-order valence-electron chi connectivity index (χ0n) is 11.8. The van der Waals surface area contributed by atoms with Crippen LogP contribution in [0.2, 0.25) is 0 Å². The van der Waals surface area contributed by atoms with Gasteiger partial charge in [0.15, 0.2) is 0 Å². The number of benzene rings is 1. The second-order valence-electron chi connectivity index (χ2n) is 4.35. The van der Waals surface area contributed by atoms with E-state index in [-0.39, 0.29) is 5.91 Å². The van der Waals surface area contributed by atoms with Crippen LogP contribution in [0.4, 0.5) is 5.69 Å². The number of carbonyl (C=O) groups excluding carboxylic acids is 2. The molecule has 0 spiro atoms. The molecule has 112 valence electrons. The topological polar surface area (TPSA) is 95.5 Å². The molecule has 6 heteroatoms. The summed E-state index contributed by atoms with van der Waals surface area (Å²) in [6.45, 7) is 2.64. The molecule has 0 heterocycles. The van der Waals surface area contributed by atoms with Gasteiger partial charge in [0, 0.05) is 29.9 Å². The third kappa shape index (κ3) is 6.38. The summed E-state index contributed by atoms with van der Waals surface area (Å²) in [5.41, 5.74) is 0.865. The molecule has 0 aromatic heterocycles. The van der Waals surface area contributed by atoms with Crippen LogP contribution >= 0.6 is 0 Å². The number of anilines is 1. The van der Waals surface area contributed by atoms with Gasteiger partial charge in [0.1, 0.15) is 0 Å². The molecule has 0 aliphatic heterocycles. The molecular weight excluding hydrogens is 272 g/mol. The van der Waals surface area contributed by atoms with Crippen molar-refractivity contribution < 1.29 is 19.5 Å². The quantitative estimate of drug-likeness (QED) is 0.527. The number of carboxylic acid groups (broad SMARTS) is 1. The molecule has 2 amide bonds. The molecule has 1 rings (SSSR count). The van der Waals surface area contributed by atoms with E-state index in [0.29, 0.717) is 17.8 Å². The lowest BCUT2D eigenvalue weighted by Crippen LogP contribution is -2.24. The Kier molecular flexibility index (Phi) is 6.67. The van der Waals surface area contributed by atoms with Crippen LogP contribution in [0.25, 0.3) is 0 Å². The van der Waals surface area contributed by atoms with Gasteiger partial charge in [-0.1, -0.05) is 19.4 Å². The van der Waals surface area contributed by atoms with Gasteiger partial charge in [0.2, 0.25) is 5.91 Å². The first kappa shape index (κ1) is 16.4. The van der Waals surface area contributed by atoms with Crippen molar-refractivity contribution in [2.45, 2.75) is 19.8 Å². The third-order valence-corrected chi connectivity index (χ3v) is 2.59. The van der Waals surface area contributed by atoms with E-state index in [1.54, 1.807) is 18.2 Å².